The summed E-state index contributed by atoms with van der Waals surface area (Å²) in [5.41, 5.74) is -0.616. The molecule has 108 valence electrons. The predicted octanol–water partition coefficient (Wildman–Crippen LogP) is 2.23. The lowest BCUT2D eigenvalue weighted by atomic mass is 9.96. The molecule has 2 fully saturated rings. The Bertz CT molecular complexity index is 350. The van der Waals surface area contributed by atoms with E-state index in [1.807, 2.05) is 6.92 Å². The van der Waals surface area contributed by atoms with Gasteiger partial charge in [0.25, 0.3) is 0 Å². The molecule has 4 heteroatoms. The number of rotatable bonds is 5. The fraction of sp³-hybridized carbons (Fsp3) is 0.867. The zero-order valence-corrected chi connectivity index (χ0v) is 12.2. The van der Waals surface area contributed by atoms with Crippen LogP contribution in [-0.4, -0.2) is 34.8 Å². The van der Waals surface area contributed by atoms with Gasteiger partial charge in [-0.25, -0.2) is 0 Å². The second kappa shape index (κ2) is 5.93. The summed E-state index contributed by atoms with van der Waals surface area (Å²) >= 11 is 0. The van der Waals surface area contributed by atoms with Gasteiger partial charge in [0.05, 0.1) is 0 Å². The molecule has 0 aromatic rings. The molecule has 0 aromatic heterocycles. The van der Waals surface area contributed by atoms with Gasteiger partial charge in [-0.1, -0.05) is 26.2 Å². The van der Waals surface area contributed by atoms with E-state index >= 15 is 0 Å². The highest BCUT2D eigenvalue weighted by Gasteiger charge is 2.47. The van der Waals surface area contributed by atoms with Gasteiger partial charge in [-0.15, -0.1) is 0 Å². The molecule has 2 amide bonds. The van der Waals surface area contributed by atoms with Crippen molar-refractivity contribution in [3.63, 3.8) is 0 Å². The molecule has 0 radical (unpaired) electrons. The van der Waals surface area contributed by atoms with E-state index in [0.29, 0.717) is 25.4 Å². The van der Waals surface area contributed by atoms with Crippen molar-refractivity contribution in [2.45, 2.75) is 76.8 Å². The molecule has 1 saturated carbocycles. The SMILES string of the molecule is CCCCN1C(=O)CCC1(C)C(=O)NC1CCCC1. The van der Waals surface area contributed by atoms with Crippen LogP contribution >= 0.6 is 0 Å². The predicted molar refractivity (Wildman–Crippen MR) is 74.7 cm³/mol. The lowest BCUT2D eigenvalue weighted by molar-refractivity contribution is -0.141. The van der Waals surface area contributed by atoms with Crippen molar-refractivity contribution >= 4 is 11.8 Å². The smallest absolute Gasteiger partial charge is 0.245 e. The second-order valence-electron chi connectivity index (χ2n) is 6.13. The number of carbonyl (C=O) groups is 2. The number of unbranched alkanes of at least 4 members (excludes halogenated alkanes) is 1. The van der Waals surface area contributed by atoms with Crippen molar-refractivity contribution < 1.29 is 9.59 Å². The first-order valence-electron chi connectivity index (χ1n) is 7.69. The van der Waals surface area contributed by atoms with Gasteiger partial charge in [-0.2, -0.15) is 0 Å². The molecule has 1 saturated heterocycles. The topological polar surface area (TPSA) is 49.4 Å². The number of carbonyl (C=O) groups excluding carboxylic acids is 2. The van der Waals surface area contributed by atoms with E-state index in [9.17, 15) is 9.59 Å². The zero-order chi connectivity index (χ0) is 13.9. The van der Waals surface area contributed by atoms with Crippen LogP contribution in [0.4, 0.5) is 0 Å². The minimum absolute atomic E-state index is 0.0568. The molecule has 1 aliphatic heterocycles. The van der Waals surface area contributed by atoms with E-state index in [1.165, 1.54) is 12.8 Å². The van der Waals surface area contributed by atoms with E-state index in [-0.39, 0.29) is 11.8 Å². The molecule has 0 aromatic carbocycles. The Morgan fingerprint density at radius 3 is 2.74 bits per heavy atom. The van der Waals surface area contributed by atoms with Gasteiger partial charge < -0.3 is 10.2 Å². The molecular weight excluding hydrogens is 240 g/mol. The highest BCUT2D eigenvalue weighted by atomic mass is 16.2. The quantitative estimate of drug-likeness (QED) is 0.829. The molecule has 1 heterocycles. The fourth-order valence-corrected chi connectivity index (χ4v) is 3.23. The van der Waals surface area contributed by atoms with E-state index in [1.54, 1.807) is 4.90 Å². The summed E-state index contributed by atoms with van der Waals surface area (Å²) < 4.78 is 0. The summed E-state index contributed by atoms with van der Waals surface area (Å²) in [6, 6.07) is 0.327. The van der Waals surface area contributed by atoms with E-state index in [0.717, 1.165) is 25.7 Å². The maximum atomic E-state index is 12.5. The average molecular weight is 266 g/mol. The summed E-state index contributed by atoms with van der Waals surface area (Å²) in [7, 11) is 0. The van der Waals surface area contributed by atoms with Crippen molar-refractivity contribution in [1.29, 1.82) is 0 Å². The van der Waals surface area contributed by atoms with Crippen LogP contribution in [0.25, 0.3) is 0 Å². The van der Waals surface area contributed by atoms with E-state index in [2.05, 4.69) is 12.2 Å². The van der Waals surface area contributed by atoms with E-state index in [4.69, 9.17) is 0 Å². The van der Waals surface area contributed by atoms with Crippen LogP contribution < -0.4 is 5.32 Å². The van der Waals surface area contributed by atoms with Crippen LogP contribution in [0.5, 0.6) is 0 Å². The second-order valence-corrected chi connectivity index (χ2v) is 6.13. The average Bonchev–Trinajstić information content (AvgIpc) is 2.98. The first-order chi connectivity index (χ1) is 9.08. The molecule has 1 atom stereocenters. The summed E-state index contributed by atoms with van der Waals surface area (Å²) in [6.45, 7) is 4.75. The van der Waals surface area contributed by atoms with Gasteiger partial charge in [-0.05, 0) is 32.6 Å². The Morgan fingerprint density at radius 2 is 2.11 bits per heavy atom. The van der Waals surface area contributed by atoms with Gasteiger partial charge in [-0.3, -0.25) is 9.59 Å². The maximum absolute atomic E-state index is 12.5. The monoisotopic (exact) mass is 266 g/mol. The minimum atomic E-state index is -0.616. The van der Waals surface area contributed by atoms with Crippen LogP contribution in [-0.2, 0) is 9.59 Å². The number of likely N-dealkylation sites (tertiary alicyclic amines) is 1. The normalized spacial score (nSPS) is 28.1. The number of amides is 2. The molecule has 2 aliphatic rings. The molecular formula is C15H26N2O2. The van der Waals surface area contributed by atoms with Crippen molar-refractivity contribution in [2.24, 2.45) is 0 Å². The molecule has 0 spiro atoms. The molecule has 4 nitrogen and oxygen atoms in total. The lowest BCUT2D eigenvalue weighted by Gasteiger charge is -2.35. The highest BCUT2D eigenvalue weighted by Crippen LogP contribution is 2.31. The Balaban J connectivity index is 2.01. The lowest BCUT2D eigenvalue weighted by Crippen LogP contribution is -2.56. The molecule has 1 aliphatic carbocycles. The standard InChI is InChI=1S/C15H26N2O2/c1-3-4-11-17-13(18)9-10-15(17,2)14(19)16-12-7-5-6-8-12/h12H,3-11H2,1-2H3,(H,16,19). The first kappa shape index (κ1) is 14.4. The van der Waals surface area contributed by atoms with Gasteiger partial charge in [0.1, 0.15) is 5.54 Å². The van der Waals surface area contributed by atoms with Gasteiger partial charge in [0.2, 0.25) is 11.8 Å². The third kappa shape index (κ3) is 2.93. The minimum Gasteiger partial charge on any atom is -0.351 e. The Kier molecular flexibility index (Phi) is 4.48. The van der Waals surface area contributed by atoms with E-state index < -0.39 is 5.54 Å². The Hall–Kier alpha value is -1.06. The van der Waals surface area contributed by atoms with Crippen LogP contribution in [0.1, 0.15) is 65.2 Å². The Morgan fingerprint density at radius 1 is 1.42 bits per heavy atom. The maximum Gasteiger partial charge on any atom is 0.245 e. The molecule has 2 rings (SSSR count). The summed E-state index contributed by atoms with van der Waals surface area (Å²) in [5.74, 6) is 0.193. The van der Waals surface area contributed by atoms with Gasteiger partial charge in [0.15, 0.2) is 0 Å². The Labute approximate surface area is 115 Å². The third-order valence-corrected chi connectivity index (χ3v) is 4.64. The molecule has 0 bridgehead atoms. The van der Waals surface area contributed by atoms with Gasteiger partial charge in [0, 0.05) is 19.0 Å². The summed E-state index contributed by atoms with van der Waals surface area (Å²) in [6.07, 6.45) is 7.78. The van der Waals surface area contributed by atoms with Crippen molar-refractivity contribution in [3.05, 3.63) is 0 Å². The number of nitrogens with one attached hydrogen (secondary N) is 1. The summed E-state index contributed by atoms with van der Waals surface area (Å²) in [4.78, 5) is 26.3. The number of hydrogen-bond donors (Lipinski definition) is 1. The number of hydrogen-bond acceptors (Lipinski definition) is 2. The van der Waals surface area contributed by atoms with Crippen LogP contribution in [0, 0.1) is 0 Å². The van der Waals surface area contributed by atoms with Crippen LogP contribution in [0.2, 0.25) is 0 Å². The van der Waals surface area contributed by atoms with Crippen LogP contribution in [0.3, 0.4) is 0 Å². The van der Waals surface area contributed by atoms with Crippen molar-refractivity contribution in [2.75, 3.05) is 6.54 Å². The largest absolute Gasteiger partial charge is 0.351 e. The fourth-order valence-electron chi connectivity index (χ4n) is 3.23. The zero-order valence-electron chi connectivity index (χ0n) is 12.2. The van der Waals surface area contributed by atoms with Crippen molar-refractivity contribution in [1.82, 2.24) is 10.2 Å². The summed E-state index contributed by atoms with van der Waals surface area (Å²) in [5, 5.41) is 3.16. The molecule has 1 unspecified atom stereocenters. The molecule has 1 N–H and O–H groups in total. The van der Waals surface area contributed by atoms with Gasteiger partial charge >= 0.3 is 0 Å². The molecule has 19 heavy (non-hydrogen) atoms. The van der Waals surface area contributed by atoms with Crippen molar-refractivity contribution in [3.8, 4) is 0 Å². The highest BCUT2D eigenvalue weighted by molar-refractivity contribution is 5.94. The van der Waals surface area contributed by atoms with Crippen LogP contribution in [0.15, 0.2) is 0 Å². The number of nitrogens with zero attached hydrogens (tertiary/aromatic N) is 1. The first-order valence-corrected chi connectivity index (χ1v) is 7.69. The third-order valence-electron chi connectivity index (χ3n) is 4.64.